The molecule has 1 aromatic heterocycles. The molecule has 0 spiro atoms. The molecule has 4 aliphatic rings. The van der Waals surface area contributed by atoms with Crippen molar-refractivity contribution in [2.75, 3.05) is 6.54 Å². The second-order valence-electron chi connectivity index (χ2n) is 8.21. The fraction of sp³-hybridized carbons (Fsp3) is 0.778. The molecule has 0 aromatic carbocycles. The Kier molecular flexibility index (Phi) is 3.71. The number of hydrogen-bond donors (Lipinski definition) is 2. The van der Waals surface area contributed by atoms with Crippen LogP contribution in [0.15, 0.2) is 10.6 Å². The minimum absolute atomic E-state index is 0.0604. The predicted molar refractivity (Wildman–Crippen MR) is 84.6 cm³/mol. The van der Waals surface area contributed by atoms with Crippen molar-refractivity contribution in [1.29, 1.82) is 0 Å². The first-order valence-corrected chi connectivity index (χ1v) is 8.89. The molecule has 0 radical (unpaired) electrons. The summed E-state index contributed by atoms with van der Waals surface area (Å²) in [5.74, 6) is 2.89. The van der Waals surface area contributed by atoms with E-state index in [4.69, 9.17) is 4.52 Å². The Labute approximate surface area is 136 Å². The minimum atomic E-state index is -0.420. The molecule has 2 N–H and O–H groups in total. The highest BCUT2D eigenvalue weighted by Crippen LogP contribution is 2.61. The van der Waals surface area contributed by atoms with Crippen LogP contribution in [0.5, 0.6) is 0 Å². The molecule has 0 saturated heterocycles. The quantitative estimate of drug-likeness (QED) is 0.873. The molecule has 0 unspecified atom stereocenters. The standard InChI is InChI=1S/C18H26N2O3/c1-11-2-15(23-20-11)6-17(22)19-10-16(21)18-7-12-3-13(8-18)5-14(4-12)9-18/h2,12-14,16,21H,3-10H2,1H3,(H,19,22)/t12?,13?,14?,16-,18?/m1/s1. The first-order chi connectivity index (χ1) is 11.0. The van der Waals surface area contributed by atoms with E-state index in [-0.39, 0.29) is 17.7 Å². The molecule has 5 nitrogen and oxygen atoms in total. The number of hydrogen-bond acceptors (Lipinski definition) is 4. The van der Waals surface area contributed by atoms with Crippen LogP contribution in [-0.4, -0.2) is 28.8 Å². The molecule has 1 amide bonds. The third kappa shape index (κ3) is 2.91. The normalized spacial score (nSPS) is 36.2. The van der Waals surface area contributed by atoms with Crippen LogP contribution in [0.3, 0.4) is 0 Å². The van der Waals surface area contributed by atoms with Gasteiger partial charge in [-0.2, -0.15) is 0 Å². The van der Waals surface area contributed by atoms with Crippen LogP contribution >= 0.6 is 0 Å². The number of carbonyl (C=O) groups excluding carboxylic acids is 1. The van der Waals surface area contributed by atoms with E-state index in [0.29, 0.717) is 12.3 Å². The van der Waals surface area contributed by atoms with Crippen LogP contribution < -0.4 is 5.32 Å². The van der Waals surface area contributed by atoms with Crippen LogP contribution in [0.4, 0.5) is 0 Å². The monoisotopic (exact) mass is 318 g/mol. The summed E-state index contributed by atoms with van der Waals surface area (Å²) in [5, 5.41) is 17.5. The average Bonchev–Trinajstić information content (AvgIpc) is 2.88. The molecule has 0 aliphatic heterocycles. The van der Waals surface area contributed by atoms with Crippen molar-refractivity contribution in [2.45, 2.75) is 58.0 Å². The number of rotatable bonds is 5. The zero-order valence-corrected chi connectivity index (χ0v) is 13.8. The third-order valence-corrected chi connectivity index (χ3v) is 6.30. The van der Waals surface area contributed by atoms with E-state index in [1.54, 1.807) is 6.07 Å². The lowest BCUT2D eigenvalue weighted by atomic mass is 9.48. The minimum Gasteiger partial charge on any atom is -0.391 e. The number of nitrogens with zero attached hydrogens (tertiary/aromatic N) is 1. The number of aromatic nitrogens is 1. The van der Waals surface area contributed by atoms with Crippen LogP contribution in [0.25, 0.3) is 0 Å². The van der Waals surface area contributed by atoms with Crippen LogP contribution in [0.1, 0.15) is 50.0 Å². The Morgan fingerprint density at radius 1 is 1.35 bits per heavy atom. The second kappa shape index (κ2) is 5.62. The molecular weight excluding hydrogens is 292 g/mol. The number of aryl methyl sites for hydroxylation is 1. The van der Waals surface area contributed by atoms with Gasteiger partial charge in [0.15, 0.2) is 0 Å². The van der Waals surface area contributed by atoms with Crippen molar-refractivity contribution in [2.24, 2.45) is 23.2 Å². The summed E-state index contributed by atoms with van der Waals surface area (Å²) in [4.78, 5) is 12.0. The fourth-order valence-electron chi connectivity index (χ4n) is 5.73. The summed E-state index contributed by atoms with van der Waals surface area (Å²) in [7, 11) is 0. The molecule has 1 atom stereocenters. The van der Waals surface area contributed by atoms with E-state index < -0.39 is 6.10 Å². The van der Waals surface area contributed by atoms with Gasteiger partial charge in [0.1, 0.15) is 5.76 Å². The largest absolute Gasteiger partial charge is 0.391 e. The molecule has 1 heterocycles. The Balaban J connectivity index is 1.33. The van der Waals surface area contributed by atoms with E-state index in [9.17, 15) is 9.90 Å². The first kappa shape index (κ1) is 15.2. The SMILES string of the molecule is Cc1cc(CC(=O)NC[C@@H](O)C23CC4CC(CC(C4)C2)C3)on1. The van der Waals surface area contributed by atoms with Gasteiger partial charge in [-0.15, -0.1) is 0 Å². The van der Waals surface area contributed by atoms with Gasteiger partial charge in [0, 0.05) is 12.6 Å². The van der Waals surface area contributed by atoms with Crippen molar-refractivity contribution in [3.63, 3.8) is 0 Å². The average molecular weight is 318 g/mol. The predicted octanol–water partition coefficient (Wildman–Crippen LogP) is 2.22. The van der Waals surface area contributed by atoms with Gasteiger partial charge in [-0.25, -0.2) is 0 Å². The highest BCUT2D eigenvalue weighted by molar-refractivity contribution is 5.77. The van der Waals surface area contributed by atoms with Gasteiger partial charge >= 0.3 is 0 Å². The number of amides is 1. The van der Waals surface area contributed by atoms with Gasteiger partial charge in [-0.05, 0) is 68.6 Å². The summed E-state index contributed by atoms with van der Waals surface area (Å²) in [6.45, 7) is 2.19. The Morgan fingerprint density at radius 2 is 1.96 bits per heavy atom. The van der Waals surface area contributed by atoms with Crippen molar-refractivity contribution >= 4 is 5.91 Å². The van der Waals surface area contributed by atoms with Gasteiger partial charge in [0.2, 0.25) is 5.91 Å². The first-order valence-electron chi connectivity index (χ1n) is 8.89. The number of aliphatic hydroxyl groups is 1. The van der Waals surface area contributed by atoms with E-state index in [1.165, 1.54) is 19.3 Å². The van der Waals surface area contributed by atoms with E-state index in [0.717, 1.165) is 42.7 Å². The molecule has 4 fully saturated rings. The Morgan fingerprint density at radius 3 is 2.48 bits per heavy atom. The zero-order valence-electron chi connectivity index (χ0n) is 13.8. The lowest BCUT2D eigenvalue weighted by Crippen LogP contribution is -2.54. The van der Waals surface area contributed by atoms with Crippen LogP contribution in [-0.2, 0) is 11.2 Å². The van der Waals surface area contributed by atoms with Gasteiger partial charge < -0.3 is 14.9 Å². The highest BCUT2D eigenvalue weighted by atomic mass is 16.5. The molecule has 1 aromatic rings. The molecular formula is C18H26N2O3. The van der Waals surface area contributed by atoms with E-state index >= 15 is 0 Å². The molecule has 5 rings (SSSR count). The molecule has 23 heavy (non-hydrogen) atoms. The van der Waals surface area contributed by atoms with Crippen molar-refractivity contribution in [3.05, 3.63) is 17.5 Å². The maximum Gasteiger partial charge on any atom is 0.227 e. The van der Waals surface area contributed by atoms with E-state index in [1.807, 2.05) is 6.92 Å². The summed E-state index contributed by atoms with van der Waals surface area (Å²) in [6.07, 6.45) is 7.31. The van der Waals surface area contributed by atoms with Gasteiger partial charge in [-0.1, -0.05) is 5.16 Å². The third-order valence-electron chi connectivity index (χ3n) is 6.30. The second-order valence-corrected chi connectivity index (χ2v) is 8.21. The van der Waals surface area contributed by atoms with E-state index in [2.05, 4.69) is 10.5 Å². The number of carbonyl (C=O) groups is 1. The fourth-order valence-corrected chi connectivity index (χ4v) is 5.73. The van der Waals surface area contributed by atoms with Gasteiger partial charge in [0.05, 0.1) is 18.2 Å². The number of nitrogens with one attached hydrogen (secondary N) is 1. The Bertz CT molecular complexity index is 560. The highest BCUT2D eigenvalue weighted by Gasteiger charge is 2.53. The molecule has 4 aliphatic carbocycles. The van der Waals surface area contributed by atoms with Crippen molar-refractivity contribution in [1.82, 2.24) is 10.5 Å². The van der Waals surface area contributed by atoms with Crippen molar-refractivity contribution in [3.8, 4) is 0 Å². The number of aliphatic hydroxyl groups excluding tert-OH is 1. The smallest absolute Gasteiger partial charge is 0.227 e. The maximum absolute atomic E-state index is 12.0. The summed E-state index contributed by atoms with van der Waals surface area (Å²) < 4.78 is 5.07. The zero-order chi connectivity index (χ0) is 16.0. The van der Waals surface area contributed by atoms with Crippen molar-refractivity contribution < 1.29 is 14.4 Å². The lowest BCUT2D eigenvalue weighted by Gasteiger charge is -2.58. The summed E-state index contributed by atoms with van der Waals surface area (Å²) in [6, 6.07) is 1.77. The Hall–Kier alpha value is -1.36. The molecule has 4 bridgehead atoms. The summed E-state index contributed by atoms with van der Waals surface area (Å²) in [5.41, 5.74) is 0.839. The molecule has 4 saturated carbocycles. The lowest BCUT2D eigenvalue weighted by molar-refractivity contribution is -0.128. The van der Waals surface area contributed by atoms with Crippen LogP contribution in [0, 0.1) is 30.1 Å². The molecule has 5 heteroatoms. The summed E-state index contributed by atoms with van der Waals surface area (Å²) >= 11 is 0. The topological polar surface area (TPSA) is 75.4 Å². The van der Waals surface area contributed by atoms with Crippen LogP contribution in [0.2, 0.25) is 0 Å². The van der Waals surface area contributed by atoms with Gasteiger partial charge in [0.25, 0.3) is 0 Å². The maximum atomic E-state index is 12.0. The van der Waals surface area contributed by atoms with Gasteiger partial charge in [-0.3, -0.25) is 4.79 Å². The molecule has 126 valence electrons.